The van der Waals surface area contributed by atoms with Gasteiger partial charge in [0.2, 0.25) is 0 Å². The van der Waals surface area contributed by atoms with Crippen LogP contribution < -0.4 is 0 Å². The minimum absolute atomic E-state index is 0.237. The molecule has 0 aliphatic carbocycles. The molecule has 3 nitrogen and oxygen atoms in total. The van der Waals surface area contributed by atoms with Crippen LogP contribution in [0.4, 0.5) is 0 Å². The number of aromatic nitrogens is 2. The molecule has 0 saturated heterocycles. The molecule has 0 spiro atoms. The van der Waals surface area contributed by atoms with Crippen LogP contribution in [0.3, 0.4) is 0 Å². The summed E-state index contributed by atoms with van der Waals surface area (Å²) in [4.78, 5) is 0. The van der Waals surface area contributed by atoms with Gasteiger partial charge in [0, 0.05) is 10.9 Å². The summed E-state index contributed by atoms with van der Waals surface area (Å²) >= 11 is 2.28. The maximum absolute atomic E-state index is 6.28. The number of hydrogen-bond donors (Lipinski definition) is 1. The lowest BCUT2D eigenvalue weighted by atomic mass is 10.1. The zero-order valence-electron chi connectivity index (χ0n) is 12.2. The molecule has 19 heavy (non-hydrogen) atoms. The second kappa shape index (κ2) is 5.18. The molecule has 0 bridgehead atoms. The van der Waals surface area contributed by atoms with Crippen LogP contribution in [0.2, 0.25) is 18.1 Å². The molecule has 0 radical (unpaired) electrons. The van der Waals surface area contributed by atoms with Gasteiger partial charge >= 0.3 is 0 Å². The normalized spacial score (nSPS) is 13.2. The van der Waals surface area contributed by atoms with E-state index in [9.17, 15) is 0 Å². The van der Waals surface area contributed by atoms with Crippen molar-refractivity contribution in [2.24, 2.45) is 0 Å². The summed E-state index contributed by atoms with van der Waals surface area (Å²) in [7, 11) is -1.71. The molecule has 0 saturated carbocycles. The van der Waals surface area contributed by atoms with Crippen molar-refractivity contribution in [3.8, 4) is 0 Å². The molecule has 5 heteroatoms. The Bertz CT molecular complexity index is 587. The van der Waals surface area contributed by atoms with Gasteiger partial charge in [-0.2, -0.15) is 5.10 Å². The highest BCUT2D eigenvalue weighted by molar-refractivity contribution is 14.1. The number of nitrogens with zero attached hydrogens (tertiary/aromatic N) is 1. The van der Waals surface area contributed by atoms with Gasteiger partial charge in [-0.25, -0.2) is 0 Å². The first-order valence-electron chi connectivity index (χ1n) is 6.48. The molecule has 0 amide bonds. The molecular weight excluding hydrogens is 367 g/mol. The topological polar surface area (TPSA) is 37.9 Å². The number of fused-ring (bicyclic) bond motifs is 1. The van der Waals surface area contributed by atoms with Crippen LogP contribution in [0, 0.1) is 3.70 Å². The lowest BCUT2D eigenvalue weighted by molar-refractivity contribution is 0.277. The van der Waals surface area contributed by atoms with E-state index >= 15 is 0 Å². The third-order valence-electron chi connectivity index (χ3n) is 4.02. The SMILES string of the molecule is CC(C)(C)[Si](C)(C)OCc1cccc2c(I)[nH]nc12. The van der Waals surface area contributed by atoms with E-state index in [0.717, 1.165) is 9.22 Å². The summed E-state index contributed by atoms with van der Waals surface area (Å²) in [6.45, 7) is 12.0. The highest BCUT2D eigenvalue weighted by Crippen LogP contribution is 2.37. The molecule has 1 aromatic heterocycles. The largest absolute Gasteiger partial charge is 0.412 e. The number of nitrogens with one attached hydrogen (secondary N) is 1. The van der Waals surface area contributed by atoms with Gasteiger partial charge in [-0.15, -0.1) is 0 Å². The molecule has 1 N–H and O–H groups in total. The Labute approximate surface area is 129 Å². The van der Waals surface area contributed by atoms with Crippen LogP contribution in [0.5, 0.6) is 0 Å². The summed E-state index contributed by atoms with van der Waals surface area (Å²) in [6.07, 6.45) is 0. The maximum Gasteiger partial charge on any atom is 0.192 e. The number of halogens is 1. The molecular formula is C14H21IN2OSi. The Morgan fingerprint density at radius 2 is 2.00 bits per heavy atom. The van der Waals surface area contributed by atoms with Gasteiger partial charge < -0.3 is 4.43 Å². The second-order valence-corrected chi connectivity index (χ2v) is 12.3. The van der Waals surface area contributed by atoms with E-state index in [1.807, 2.05) is 0 Å². The summed E-state index contributed by atoms with van der Waals surface area (Å²) in [6, 6.07) is 6.27. The quantitative estimate of drug-likeness (QED) is 0.612. The average molecular weight is 388 g/mol. The van der Waals surface area contributed by atoms with E-state index in [4.69, 9.17) is 4.43 Å². The molecule has 1 aromatic carbocycles. The summed E-state index contributed by atoms with van der Waals surface area (Å²) in [5, 5.41) is 8.84. The Balaban J connectivity index is 2.23. The van der Waals surface area contributed by atoms with Crippen LogP contribution in [0.15, 0.2) is 18.2 Å². The average Bonchev–Trinajstić information content (AvgIpc) is 2.68. The molecule has 0 aliphatic heterocycles. The number of benzene rings is 1. The van der Waals surface area contributed by atoms with E-state index in [2.05, 4.69) is 84.9 Å². The van der Waals surface area contributed by atoms with Gasteiger partial charge in [-0.3, -0.25) is 5.10 Å². The predicted molar refractivity (Wildman–Crippen MR) is 90.8 cm³/mol. The van der Waals surface area contributed by atoms with Crippen molar-refractivity contribution in [2.45, 2.75) is 45.5 Å². The highest BCUT2D eigenvalue weighted by Gasteiger charge is 2.37. The molecule has 2 aromatic rings. The molecule has 0 fully saturated rings. The molecule has 104 valence electrons. The summed E-state index contributed by atoms with van der Waals surface area (Å²) < 4.78 is 7.36. The van der Waals surface area contributed by atoms with Crippen molar-refractivity contribution in [3.05, 3.63) is 27.5 Å². The van der Waals surface area contributed by atoms with Crippen molar-refractivity contribution in [2.75, 3.05) is 0 Å². The van der Waals surface area contributed by atoms with Crippen molar-refractivity contribution < 1.29 is 4.43 Å². The van der Waals surface area contributed by atoms with Crippen LogP contribution in [0.1, 0.15) is 26.3 Å². The van der Waals surface area contributed by atoms with Crippen molar-refractivity contribution in [3.63, 3.8) is 0 Å². The molecule has 0 unspecified atom stereocenters. The second-order valence-electron chi connectivity index (χ2n) is 6.40. The Kier molecular flexibility index (Phi) is 4.09. The lowest BCUT2D eigenvalue weighted by Gasteiger charge is -2.36. The first kappa shape index (κ1) is 15.0. The minimum Gasteiger partial charge on any atom is -0.412 e. The Morgan fingerprint density at radius 3 is 2.63 bits per heavy atom. The molecule has 1 heterocycles. The van der Waals surface area contributed by atoms with Crippen molar-refractivity contribution in [1.29, 1.82) is 0 Å². The summed E-state index contributed by atoms with van der Waals surface area (Å²) in [5.41, 5.74) is 2.20. The smallest absolute Gasteiger partial charge is 0.192 e. The first-order valence-corrected chi connectivity index (χ1v) is 10.5. The van der Waals surface area contributed by atoms with E-state index < -0.39 is 8.32 Å². The zero-order valence-corrected chi connectivity index (χ0v) is 15.3. The monoisotopic (exact) mass is 388 g/mol. The van der Waals surface area contributed by atoms with Crippen LogP contribution >= 0.6 is 22.6 Å². The molecule has 0 aliphatic rings. The van der Waals surface area contributed by atoms with E-state index in [0.29, 0.717) is 6.61 Å². The fraction of sp³-hybridized carbons (Fsp3) is 0.500. The first-order chi connectivity index (χ1) is 8.72. The van der Waals surface area contributed by atoms with E-state index in [1.165, 1.54) is 10.9 Å². The van der Waals surface area contributed by atoms with Crippen LogP contribution in [0.25, 0.3) is 10.9 Å². The lowest BCUT2D eigenvalue weighted by Crippen LogP contribution is -2.40. The number of para-hydroxylation sites is 1. The Morgan fingerprint density at radius 1 is 1.32 bits per heavy atom. The van der Waals surface area contributed by atoms with E-state index in [1.54, 1.807) is 0 Å². The van der Waals surface area contributed by atoms with Crippen molar-refractivity contribution in [1.82, 2.24) is 10.2 Å². The minimum atomic E-state index is -1.71. The number of hydrogen-bond acceptors (Lipinski definition) is 2. The van der Waals surface area contributed by atoms with Gasteiger partial charge in [-0.1, -0.05) is 39.0 Å². The fourth-order valence-corrected chi connectivity index (χ4v) is 3.16. The molecule has 2 rings (SSSR count). The van der Waals surface area contributed by atoms with Gasteiger partial charge in [0.15, 0.2) is 8.32 Å². The van der Waals surface area contributed by atoms with Gasteiger partial charge in [-0.05, 0) is 40.7 Å². The van der Waals surface area contributed by atoms with E-state index in [-0.39, 0.29) is 5.04 Å². The number of rotatable bonds is 3. The van der Waals surface area contributed by atoms with Gasteiger partial charge in [0.25, 0.3) is 0 Å². The van der Waals surface area contributed by atoms with Crippen molar-refractivity contribution >= 4 is 41.8 Å². The third kappa shape index (κ3) is 3.03. The zero-order chi connectivity index (χ0) is 14.3. The van der Waals surface area contributed by atoms with Gasteiger partial charge in [0.05, 0.1) is 12.1 Å². The standard InChI is InChI=1S/C14H21IN2OSi/c1-14(2,3)19(4,5)18-9-10-7-6-8-11-12(10)16-17-13(11)15/h6-8H,9H2,1-5H3,(H,16,17). The highest BCUT2D eigenvalue weighted by atomic mass is 127. The van der Waals surface area contributed by atoms with Gasteiger partial charge in [0.1, 0.15) is 3.70 Å². The Hall–Kier alpha value is -0.403. The molecule has 0 atom stereocenters. The maximum atomic E-state index is 6.28. The van der Waals surface area contributed by atoms with Crippen LogP contribution in [-0.2, 0) is 11.0 Å². The third-order valence-corrected chi connectivity index (χ3v) is 9.32. The predicted octanol–water partition coefficient (Wildman–Crippen LogP) is 4.69. The summed E-state index contributed by atoms with van der Waals surface area (Å²) in [5.74, 6) is 0. The number of H-pyrrole nitrogens is 1. The van der Waals surface area contributed by atoms with Crippen LogP contribution in [-0.4, -0.2) is 18.5 Å². The fourth-order valence-electron chi connectivity index (χ4n) is 1.66. The number of aromatic amines is 1.